The molecular formula is C19H18N2. The predicted octanol–water partition coefficient (Wildman–Crippen LogP) is 4.85. The van der Waals surface area contributed by atoms with Crippen LogP contribution in [0.1, 0.15) is 29.7 Å². The van der Waals surface area contributed by atoms with Crippen molar-refractivity contribution in [2.75, 3.05) is 0 Å². The first-order valence-corrected chi connectivity index (χ1v) is 7.17. The quantitative estimate of drug-likeness (QED) is 0.765. The average Bonchev–Trinajstić information content (AvgIpc) is 3.00. The van der Waals surface area contributed by atoms with Gasteiger partial charge in [0.05, 0.1) is 11.4 Å². The molecule has 1 aromatic carbocycles. The lowest BCUT2D eigenvalue weighted by atomic mass is 9.97. The van der Waals surface area contributed by atoms with E-state index < -0.39 is 0 Å². The van der Waals surface area contributed by atoms with Crippen molar-refractivity contribution in [1.82, 2.24) is 4.98 Å². The molecule has 2 aromatic rings. The third-order valence-electron chi connectivity index (χ3n) is 3.79. The number of nitrogens with zero attached hydrogens (tertiary/aromatic N) is 2. The van der Waals surface area contributed by atoms with E-state index in [-0.39, 0.29) is 0 Å². The lowest BCUT2D eigenvalue weighted by molar-refractivity contribution is 1.07. The number of rotatable bonds is 5. The van der Waals surface area contributed by atoms with E-state index in [4.69, 9.17) is 0 Å². The van der Waals surface area contributed by atoms with Crippen LogP contribution >= 0.6 is 0 Å². The zero-order valence-electron chi connectivity index (χ0n) is 12.0. The number of benzene rings is 1. The summed E-state index contributed by atoms with van der Waals surface area (Å²) in [7, 11) is 0. The highest BCUT2D eigenvalue weighted by atomic mass is 14.7. The van der Waals surface area contributed by atoms with Crippen LogP contribution < -0.4 is 0 Å². The summed E-state index contributed by atoms with van der Waals surface area (Å²) in [5.41, 5.74) is 6.68. The number of hydrogen-bond donors (Lipinski definition) is 0. The van der Waals surface area contributed by atoms with Crippen LogP contribution in [-0.4, -0.2) is 11.2 Å². The van der Waals surface area contributed by atoms with Crippen LogP contribution in [0, 0.1) is 0 Å². The van der Waals surface area contributed by atoms with Crippen molar-refractivity contribution in [2.45, 2.75) is 19.3 Å². The highest BCUT2D eigenvalue weighted by Crippen LogP contribution is 2.30. The second-order valence-electron chi connectivity index (χ2n) is 5.28. The molecule has 0 fully saturated rings. The Morgan fingerprint density at radius 3 is 2.71 bits per heavy atom. The molecule has 104 valence electrons. The number of aromatic nitrogens is 1. The maximum atomic E-state index is 4.39. The first kappa shape index (κ1) is 13.5. The zero-order valence-corrected chi connectivity index (χ0v) is 12.0. The summed E-state index contributed by atoms with van der Waals surface area (Å²) in [4.78, 5) is 8.72. The normalized spacial score (nSPS) is 12.2. The van der Waals surface area contributed by atoms with E-state index in [0.29, 0.717) is 0 Å². The molecule has 2 heteroatoms. The molecule has 0 unspecified atom stereocenters. The molecule has 1 aromatic heterocycles. The Kier molecular flexibility index (Phi) is 3.78. The fourth-order valence-electron chi connectivity index (χ4n) is 2.46. The lowest BCUT2D eigenvalue weighted by Gasteiger charge is -2.09. The number of hydrogen-bond acceptors (Lipinski definition) is 2. The summed E-state index contributed by atoms with van der Waals surface area (Å²) in [6.07, 6.45) is 6.46. The summed E-state index contributed by atoms with van der Waals surface area (Å²) < 4.78 is 0. The van der Waals surface area contributed by atoms with Crippen molar-refractivity contribution in [3.8, 4) is 0 Å². The minimum atomic E-state index is 0.871. The maximum Gasteiger partial charge on any atom is 0.0667 e. The van der Waals surface area contributed by atoms with Crippen LogP contribution in [0.15, 0.2) is 60.7 Å². The summed E-state index contributed by atoms with van der Waals surface area (Å²) in [6, 6.07) is 12.3. The Morgan fingerprint density at radius 2 is 1.90 bits per heavy atom. The van der Waals surface area contributed by atoms with E-state index >= 15 is 0 Å². The number of pyridine rings is 1. The van der Waals surface area contributed by atoms with Crippen molar-refractivity contribution in [2.24, 2.45) is 4.99 Å². The molecule has 0 N–H and O–H groups in total. The second-order valence-corrected chi connectivity index (χ2v) is 5.28. The van der Waals surface area contributed by atoms with Crippen molar-refractivity contribution in [1.29, 1.82) is 0 Å². The van der Waals surface area contributed by atoms with Gasteiger partial charge in [-0.2, -0.15) is 0 Å². The number of fused-ring (bicyclic) bond motifs is 1. The highest BCUT2D eigenvalue weighted by Gasteiger charge is 2.09. The molecule has 0 atom stereocenters. The van der Waals surface area contributed by atoms with Gasteiger partial charge in [0.2, 0.25) is 0 Å². The van der Waals surface area contributed by atoms with E-state index in [0.717, 1.165) is 41.8 Å². The Morgan fingerprint density at radius 1 is 1.05 bits per heavy atom. The van der Waals surface area contributed by atoms with Gasteiger partial charge in [-0.15, -0.1) is 0 Å². The SMILES string of the molecule is C=C(CCC(=C)c1ccccn1)c1ccc2c(c1)N=CC2. The fraction of sp³-hybridized carbons (Fsp3) is 0.158. The van der Waals surface area contributed by atoms with E-state index in [2.05, 4.69) is 41.3 Å². The standard InChI is InChI=1S/C19H18N2/c1-14(6-7-15(2)18-5-3-4-11-20-18)17-9-8-16-10-12-21-19(16)13-17/h3-5,8-9,11-13H,1-2,6-7,10H2. The van der Waals surface area contributed by atoms with E-state index in [9.17, 15) is 0 Å². The number of aliphatic imine (C=N–C) groups is 1. The van der Waals surface area contributed by atoms with Gasteiger partial charge < -0.3 is 0 Å². The molecule has 2 nitrogen and oxygen atoms in total. The maximum absolute atomic E-state index is 4.39. The van der Waals surface area contributed by atoms with Crippen LogP contribution in [0.4, 0.5) is 5.69 Å². The smallest absolute Gasteiger partial charge is 0.0667 e. The molecule has 21 heavy (non-hydrogen) atoms. The van der Waals surface area contributed by atoms with Gasteiger partial charge in [0.25, 0.3) is 0 Å². The van der Waals surface area contributed by atoms with Gasteiger partial charge in [-0.3, -0.25) is 9.98 Å². The predicted molar refractivity (Wildman–Crippen MR) is 89.8 cm³/mol. The molecule has 3 rings (SSSR count). The van der Waals surface area contributed by atoms with Crippen molar-refractivity contribution in [3.05, 3.63) is 72.6 Å². The molecule has 0 radical (unpaired) electrons. The molecular weight excluding hydrogens is 256 g/mol. The van der Waals surface area contributed by atoms with Crippen molar-refractivity contribution < 1.29 is 0 Å². The molecule has 2 heterocycles. The third kappa shape index (κ3) is 3.00. The first-order valence-electron chi connectivity index (χ1n) is 7.17. The summed E-state index contributed by atoms with van der Waals surface area (Å²) in [5, 5.41) is 0. The van der Waals surface area contributed by atoms with Crippen molar-refractivity contribution >= 4 is 23.0 Å². The molecule has 0 bridgehead atoms. The Labute approximate surface area is 125 Å². The largest absolute Gasteiger partial charge is 0.261 e. The van der Waals surface area contributed by atoms with Gasteiger partial charge in [-0.1, -0.05) is 31.4 Å². The summed E-state index contributed by atoms with van der Waals surface area (Å²) in [6.45, 7) is 8.32. The molecule has 0 aliphatic carbocycles. The minimum Gasteiger partial charge on any atom is -0.261 e. The van der Waals surface area contributed by atoms with Gasteiger partial charge in [0, 0.05) is 18.8 Å². The third-order valence-corrected chi connectivity index (χ3v) is 3.79. The van der Waals surface area contributed by atoms with Crippen LogP contribution in [0.2, 0.25) is 0 Å². The van der Waals surface area contributed by atoms with Crippen LogP contribution in [0.3, 0.4) is 0 Å². The topological polar surface area (TPSA) is 25.2 Å². The molecule has 1 aliphatic heterocycles. The highest BCUT2D eigenvalue weighted by molar-refractivity contribution is 5.78. The molecule has 1 aliphatic rings. The summed E-state index contributed by atoms with van der Waals surface area (Å²) in [5.74, 6) is 0. The monoisotopic (exact) mass is 274 g/mol. The summed E-state index contributed by atoms with van der Waals surface area (Å²) >= 11 is 0. The Bertz CT molecular complexity index is 712. The van der Waals surface area contributed by atoms with Gasteiger partial charge in [0.15, 0.2) is 0 Å². The van der Waals surface area contributed by atoms with Crippen LogP contribution in [0.25, 0.3) is 11.1 Å². The van der Waals surface area contributed by atoms with Gasteiger partial charge in [0.1, 0.15) is 0 Å². The zero-order chi connectivity index (χ0) is 14.7. The van der Waals surface area contributed by atoms with Crippen molar-refractivity contribution in [3.63, 3.8) is 0 Å². The Balaban J connectivity index is 1.64. The van der Waals surface area contributed by atoms with E-state index in [1.165, 1.54) is 11.1 Å². The molecule has 0 saturated carbocycles. The molecule has 0 saturated heterocycles. The Hall–Kier alpha value is -2.48. The van der Waals surface area contributed by atoms with Gasteiger partial charge in [-0.25, -0.2) is 0 Å². The van der Waals surface area contributed by atoms with Crippen LogP contribution in [0.5, 0.6) is 0 Å². The van der Waals surface area contributed by atoms with E-state index in [1.54, 1.807) is 6.20 Å². The van der Waals surface area contributed by atoms with Crippen LogP contribution in [-0.2, 0) is 6.42 Å². The lowest BCUT2D eigenvalue weighted by Crippen LogP contribution is -1.90. The second kappa shape index (κ2) is 5.88. The number of allylic oxidation sites excluding steroid dienone is 2. The average molecular weight is 274 g/mol. The van der Waals surface area contributed by atoms with Gasteiger partial charge >= 0.3 is 0 Å². The fourth-order valence-corrected chi connectivity index (χ4v) is 2.46. The van der Waals surface area contributed by atoms with E-state index in [1.807, 2.05) is 24.4 Å². The minimum absolute atomic E-state index is 0.871. The first-order chi connectivity index (χ1) is 10.2. The molecule has 0 amide bonds. The molecule has 0 spiro atoms. The van der Waals surface area contributed by atoms with Gasteiger partial charge in [-0.05, 0) is 53.3 Å².